The van der Waals surface area contributed by atoms with Crippen molar-refractivity contribution in [2.45, 2.75) is 12.8 Å². The lowest BCUT2D eigenvalue weighted by molar-refractivity contribution is 0.386. The number of methoxy groups -OCH3 is 1. The molecule has 1 aromatic rings. The molecule has 1 aliphatic heterocycles. The van der Waals surface area contributed by atoms with Crippen molar-refractivity contribution >= 4 is 17.3 Å². The van der Waals surface area contributed by atoms with Crippen molar-refractivity contribution in [3.05, 3.63) is 23.0 Å². The van der Waals surface area contributed by atoms with Gasteiger partial charge in [0.1, 0.15) is 0 Å². The van der Waals surface area contributed by atoms with E-state index in [9.17, 15) is 4.39 Å². The van der Waals surface area contributed by atoms with E-state index in [-0.39, 0.29) is 11.6 Å². The summed E-state index contributed by atoms with van der Waals surface area (Å²) in [5, 5.41) is 0.454. The smallest absolute Gasteiger partial charge is 0.189 e. The third-order valence-electron chi connectivity index (χ3n) is 2.67. The highest BCUT2D eigenvalue weighted by molar-refractivity contribution is 6.33. The molecule has 0 aliphatic carbocycles. The summed E-state index contributed by atoms with van der Waals surface area (Å²) in [6.07, 6.45) is 2.18. The fourth-order valence-electron chi connectivity index (χ4n) is 1.91. The number of hydrogen-bond donors (Lipinski definition) is 0. The van der Waals surface area contributed by atoms with Gasteiger partial charge in [0.05, 0.1) is 17.8 Å². The molecule has 2 nitrogen and oxygen atoms in total. The Morgan fingerprint density at radius 2 is 2.00 bits per heavy atom. The molecule has 1 heterocycles. The van der Waals surface area contributed by atoms with Crippen LogP contribution < -0.4 is 9.64 Å². The monoisotopic (exact) mass is 229 g/mol. The standard InChI is InChI=1S/C11H13ClFNO/c1-15-9-5-4-8(12)11(10(9)13)14-6-2-3-7-14/h4-5H,2-3,6-7H2,1H3. The van der Waals surface area contributed by atoms with Crippen molar-refractivity contribution in [3.63, 3.8) is 0 Å². The van der Waals surface area contributed by atoms with Crippen LogP contribution in [0.3, 0.4) is 0 Å². The number of benzene rings is 1. The van der Waals surface area contributed by atoms with Gasteiger partial charge in [-0.3, -0.25) is 0 Å². The number of rotatable bonds is 2. The molecule has 0 unspecified atom stereocenters. The summed E-state index contributed by atoms with van der Waals surface area (Å²) in [4.78, 5) is 1.97. The van der Waals surface area contributed by atoms with Gasteiger partial charge in [-0.1, -0.05) is 11.6 Å². The summed E-state index contributed by atoms with van der Waals surface area (Å²) >= 11 is 6.00. The molecule has 4 heteroatoms. The normalized spacial score (nSPS) is 15.8. The lowest BCUT2D eigenvalue weighted by atomic mass is 10.2. The molecule has 1 saturated heterocycles. The molecular formula is C11H13ClFNO. The van der Waals surface area contributed by atoms with Crippen molar-refractivity contribution < 1.29 is 9.13 Å². The molecule has 2 rings (SSSR count). The van der Waals surface area contributed by atoms with Gasteiger partial charge in [0.2, 0.25) is 0 Å². The van der Waals surface area contributed by atoms with Crippen molar-refractivity contribution in [1.29, 1.82) is 0 Å². The fourth-order valence-corrected chi connectivity index (χ4v) is 2.18. The van der Waals surface area contributed by atoms with Crippen LogP contribution in [0.5, 0.6) is 5.75 Å². The third-order valence-corrected chi connectivity index (χ3v) is 2.98. The molecule has 82 valence electrons. The van der Waals surface area contributed by atoms with Crippen LogP contribution in [0.15, 0.2) is 12.1 Å². The fraction of sp³-hybridized carbons (Fsp3) is 0.455. The Hall–Kier alpha value is -0.960. The predicted octanol–water partition coefficient (Wildman–Crippen LogP) is 3.09. The summed E-state index contributed by atoms with van der Waals surface area (Å²) < 4.78 is 18.9. The highest BCUT2D eigenvalue weighted by Gasteiger charge is 2.21. The minimum Gasteiger partial charge on any atom is -0.494 e. The average Bonchev–Trinajstić information content (AvgIpc) is 2.71. The largest absolute Gasteiger partial charge is 0.494 e. The lowest BCUT2D eigenvalue weighted by Gasteiger charge is -2.20. The maximum absolute atomic E-state index is 13.9. The van der Waals surface area contributed by atoms with Gasteiger partial charge < -0.3 is 9.64 Å². The number of anilines is 1. The van der Waals surface area contributed by atoms with Gasteiger partial charge in [0, 0.05) is 13.1 Å². The summed E-state index contributed by atoms with van der Waals surface area (Å²) in [6, 6.07) is 3.23. The Morgan fingerprint density at radius 3 is 2.60 bits per heavy atom. The van der Waals surface area contributed by atoms with Crippen LogP contribution in [0, 0.1) is 5.82 Å². The molecule has 0 atom stereocenters. The first-order chi connectivity index (χ1) is 7.24. The second-order valence-corrected chi connectivity index (χ2v) is 4.01. The van der Waals surface area contributed by atoms with E-state index in [0.29, 0.717) is 10.7 Å². The molecule has 15 heavy (non-hydrogen) atoms. The van der Waals surface area contributed by atoms with Gasteiger partial charge in [-0.25, -0.2) is 4.39 Å². The molecule has 1 aliphatic rings. The molecular weight excluding hydrogens is 217 g/mol. The van der Waals surface area contributed by atoms with E-state index in [1.165, 1.54) is 7.11 Å². The zero-order valence-corrected chi connectivity index (χ0v) is 9.35. The van der Waals surface area contributed by atoms with E-state index >= 15 is 0 Å². The molecule has 0 spiro atoms. The molecule has 1 fully saturated rings. The Balaban J connectivity index is 2.43. The zero-order chi connectivity index (χ0) is 10.8. The highest BCUT2D eigenvalue weighted by atomic mass is 35.5. The molecule has 0 amide bonds. The van der Waals surface area contributed by atoms with Crippen LogP contribution in [0.2, 0.25) is 5.02 Å². The van der Waals surface area contributed by atoms with E-state index in [0.717, 1.165) is 25.9 Å². The van der Waals surface area contributed by atoms with Crippen molar-refractivity contribution in [3.8, 4) is 5.75 Å². The Labute approximate surface area is 93.6 Å². The SMILES string of the molecule is COc1ccc(Cl)c(N2CCCC2)c1F. The van der Waals surface area contributed by atoms with E-state index in [2.05, 4.69) is 0 Å². The Kier molecular flexibility index (Phi) is 3.00. The summed E-state index contributed by atoms with van der Waals surface area (Å²) in [7, 11) is 1.46. The van der Waals surface area contributed by atoms with Crippen LogP contribution >= 0.6 is 11.6 Å². The Morgan fingerprint density at radius 1 is 1.33 bits per heavy atom. The number of hydrogen-bond acceptors (Lipinski definition) is 2. The number of halogens is 2. The maximum atomic E-state index is 13.9. The van der Waals surface area contributed by atoms with Gasteiger partial charge in [-0.2, -0.15) is 0 Å². The molecule has 0 radical (unpaired) electrons. The molecule has 0 N–H and O–H groups in total. The van der Waals surface area contributed by atoms with Crippen molar-refractivity contribution in [1.82, 2.24) is 0 Å². The van der Waals surface area contributed by atoms with Crippen LogP contribution in [0.25, 0.3) is 0 Å². The van der Waals surface area contributed by atoms with Gasteiger partial charge >= 0.3 is 0 Å². The molecule has 0 aromatic heterocycles. The van der Waals surface area contributed by atoms with E-state index < -0.39 is 0 Å². The van der Waals surface area contributed by atoms with Crippen LogP contribution in [0.1, 0.15) is 12.8 Å². The molecule has 1 aromatic carbocycles. The van der Waals surface area contributed by atoms with Crippen LogP contribution in [-0.2, 0) is 0 Å². The third kappa shape index (κ3) is 1.88. The topological polar surface area (TPSA) is 12.5 Å². The van der Waals surface area contributed by atoms with Gasteiger partial charge in [-0.15, -0.1) is 0 Å². The van der Waals surface area contributed by atoms with Crippen molar-refractivity contribution in [2.24, 2.45) is 0 Å². The van der Waals surface area contributed by atoms with E-state index in [4.69, 9.17) is 16.3 Å². The number of ether oxygens (including phenoxy) is 1. The first-order valence-electron chi connectivity index (χ1n) is 5.01. The lowest BCUT2D eigenvalue weighted by Crippen LogP contribution is -2.19. The van der Waals surface area contributed by atoms with Gasteiger partial charge in [0.25, 0.3) is 0 Å². The second kappa shape index (κ2) is 4.27. The average molecular weight is 230 g/mol. The second-order valence-electron chi connectivity index (χ2n) is 3.61. The minimum atomic E-state index is -0.355. The van der Waals surface area contributed by atoms with Crippen molar-refractivity contribution in [2.75, 3.05) is 25.1 Å². The summed E-state index contributed by atoms with van der Waals surface area (Å²) in [5.41, 5.74) is 0.480. The number of nitrogens with zero attached hydrogens (tertiary/aromatic N) is 1. The predicted molar refractivity (Wildman–Crippen MR) is 59.4 cm³/mol. The van der Waals surface area contributed by atoms with Crippen LogP contribution in [0.4, 0.5) is 10.1 Å². The quantitative estimate of drug-likeness (QED) is 0.773. The Bertz CT molecular complexity index is 364. The first-order valence-corrected chi connectivity index (χ1v) is 5.39. The zero-order valence-electron chi connectivity index (χ0n) is 8.59. The summed E-state index contributed by atoms with van der Waals surface area (Å²) in [5.74, 6) is -0.104. The molecule has 0 saturated carbocycles. The maximum Gasteiger partial charge on any atom is 0.189 e. The molecule has 0 bridgehead atoms. The first kappa shape index (κ1) is 10.6. The van der Waals surface area contributed by atoms with Gasteiger partial charge in [0.15, 0.2) is 11.6 Å². The highest BCUT2D eigenvalue weighted by Crippen LogP contribution is 2.36. The van der Waals surface area contributed by atoms with E-state index in [1.807, 2.05) is 4.90 Å². The van der Waals surface area contributed by atoms with Gasteiger partial charge in [-0.05, 0) is 25.0 Å². The minimum absolute atomic E-state index is 0.251. The van der Waals surface area contributed by atoms with Crippen LogP contribution in [-0.4, -0.2) is 20.2 Å². The van der Waals surface area contributed by atoms with E-state index in [1.54, 1.807) is 12.1 Å². The summed E-state index contributed by atoms with van der Waals surface area (Å²) in [6.45, 7) is 1.73.